The van der Waals surface area contributed by atoms with E-state index in [1.807, 2.05) is 59.7 Å². The van der Waals surface area contributed by atoms with E-state index in [1.54, 1.807) is 24.3 Å². The quantitative estimate of drug-likeness (QED) is 0.529. The van der Waals surface area contributed by atoms with E-state index in [-0.39, 0.29) is 12.5 Å². The molecule has 0 bridgehead atoms. The molecule has 0 aliphatic rings. The third kappa shape index (κ3) is 5.94. The Bertz CT molecular complexity index is 938. The second-order valence-electron chi connectivity index (χ2n) is 8.65. The Balaban J connectivity index is 2.57. The van der Waals surface area contributed by atoms with Crippen molar-refractivity contribution >= 4 is 17.8 Å². The Morgan fingerprint density at radius 2 is 1.42 bits per heavy atom. The highest BCUT2D eigenvalue weighted by Gasteiger charge is 2.37. The number of hydrogen-bond acceptors (Lipinski definition) is 4. The number of ether oxygens (including phenoxy) is 1. The van der Waals surface area contributed by atoms with Gasteiger partial charge in [-0.1, -0.05) is 36.2 Å². The molecular weight excluding hydrogens is 392 g/mol. The molecule has 0 heterocycles. The maximum atomic E-state index is 13.6. The second-order valence-corrected chi connectivity index (χ2v) is 8.65. The van der Waals surface area contributed by atoms with Gasteiger partial charge in [-0.2, -0.15) is 0 Å². The molecule has 0 aliphatic carbocycles. The summed E-state index contributed by atoms with van der Waals surface area (Å²) in [6, 6.07) is 12.7. The van der Waals surface area contributed by atoms with E-state index >= 15 is 0 Å². The number of hydrogen-bond donors (Lipinski definition) is 0. The van der Waals surface area contributed by atoms with Crippen LogP contribution in [0.15, 0.2) is 42.5 Å². The van der Waals surface area contributed by atoms with Crippen LogP contribution in [-0.2, 0) is 16.0 Å². The van der Waals surface area contributed by atoms with Crippen LogP contribution in [0.3, 0.4) is 0 Å². The van der Waals surface area contributed by atoms with Gasteiger partial charge in [-0.05, 0) is 70.9 Å². The number of nitrogens with zero attached hydrogens (tertiary/aromatic N) is 2. The molecule has 0 N–H and O–H groups in total. The van der Waals surface area contributed by atoms with E-state index in [4.69, 9.17) is 4.74 Å². The molecule has 0 spiro atoms. The third-order valence-corrected chi connectivity index (χ3v) is 4.89. The summed E-state index contributed by atoms with van der Waals surface area (Å²) in [4.78, 5) is 39.3. The highest BCUT2D eigenvalue weighted by Crippen LogP contribution is 2.24. The molecule has 0 saturated heterocycles. The van der Waals surface area contributed by atoms with Crippen LogP contribution in [0.4, 0.5) is 0 Å². The first kappa shape index (κ1) is 24.1. The SMILES string of the molecule is CCc1ccc(C(=O)N(CC(=O)OC)N(C(=O)c2cc(C)cc(C)c2)C(C)(C)C)cc1. The number of carbonyl (C=O) groups is 3. The van der Waals surface area contributed by atoms with Crippen molar-refractivity contribution in [3.8, 4) is 0 Å². The molecule has 2 amide bonds. The van der Waals surface area contributed by atoms with Gasteiger partial charge in [0.05, 0.1) is 12.6 Å². The molecular formula is C25H32N2O4. The maximum Gasteiger partial charge on any atom is 0.327 e. The first-order valence-electron chi connectivity index (χ1n) is 10.4. The number of rotatable bonds is 5. The summed E-state index contributed by atoms with van der Waals surface area (Å²) in [5, 5.41) is 2.54. The molecule has 0 aromatic heterocycles. The number of hydrazine groups is 1. The van der Waals surface area contributed by atoms with Crippen LogP contribution in [0.5, 0.6) is 0 Å². The van der Waals surface area contributed by atoms with Crippen molar-refractivity contribution < 1.29 is 19.1 Å². The van der Waals surface area contributed by atoms with Crippen LogP contribution in [0.1, 0.15) is 65.1 Å². The highest BCUT2D eigenvalue weighted by atomic mass is 16.5. The Kier molecular flexibility index (Phi) is 7.60. The lowest BCUT2D eigenvalue weighted by Crippen LogP contribution is -2.59. The monoisotopic (exact) mass is 424 g/mol. The zero-order valence-corrected chi connectivity index (χ0v) is 19.5. The van der Waals surface area contributed by atoms with Gasteiger partial charge >= 0.3 is 5.97 Å². The van der Waals surface area contributed by atoms with Crippen LogP contribution < -0.4 is 0 Å². The minimum atomic E-state index is -0.776. The van der Waals surface area contributed by atoms with Gasteiger partial charge in [0.1, 0.15) is 6.54 Å². The van der Waals surface area contributed by atoms with E-state index in [2.05, 4.69) is 0 Å². The molecule has 0 unspecified atom stereocenters. The fourth-order valence-electron chi connectivity index (χ4n) is 3.45. The molecule has 0 aliphatic heterocycles. The van der Waals surface area contributed by atoms with E-state index < -0.39 is 17.4 Å². The molecule has 31 heavy (non-hydrogen) atoms. The molecule has 2 aromatic rings. The predicted molar refractivity (Wildman–Crippen MR) is 121 cm³/mol. The first-order chi connectivity index (χ1) is 14.5. The summed E-state index contributed by atoms with van der Waals surface area (Å²) >= 11 is 0. The van der Waals surface area contributed by atoms with Crippen molar-refractivity contribution in [2.45, 2.75) is 53.5 Å². The average molecular weight is 425 g/mol. The van der Waals surface area contributed by atoms with Gasteiger partial charge in [-0.15, -0.1) is 0 Å². The lowest BCUT2D eigenvalue weighted by atomic mass is 10.0. The third-order valence-electron chi connectivity index (χ3n) is 4.89. The maximum absolute atomic E-state index is 13.6. The zero-order chi connectivity index (χ0) is 23.3. The minimum Gasteiger partial charge on any atom is -0.468 e. The molecule has 0 atom stereocenters. The molecule has 2 rings (SSSR count). The van der Waals surface area contributed by atoms with E-state index in [9.17, 15) is 14.4 Å². The molecule has 2 aromatic carbocycles. The van der Waals surface area contributed by atoms with Crippen molar-refractivity contribution in [1.29, 1.82) is 0 Å². The number of benzene rings is 2. The minimum absolute atomic E-state index is 0.360. The highest BCUT2D eigenvalue weighted by molar-refractivity contribution is 6.00. The van der Waals surface area contributed by atoms with Crippen molar-refractivity contribution in [2.75, 3.05) is 13.7 Å². The summed E-state index contributed by atoms with van der Waals surface area (Å²) < 4.78 is 4.82. The molecule has 6 nitrogen and oxygen atoms in total. The zero-order valence-electron chi connectivity index (χ0n) is 19.5. The Morgan fingerprint density at radius 3 is 1.87 bits per heavy atom. The summed E-state index contributed by atoms with van der Waals surface area (Å²) in [5.74, 6) is -1.41. The molecule has 6 heteroatoms. The average Bonchev–Trinajstić information content (AvgIpc) is 2.70. The van der Waals surface area contributed by atoms with Crippen molar-refractivity contribution in [2.24, 2.45) is 0 Å². The largest absolute Gasteiger partial charge is 0.468 e. The second kappa shape index (κ2) is 9.77. The number of amides is 2. The molecule has 166 valence electrons. The standard InChI is InChI=1S/C25H32N2O4/c1-8-19-9-11-20(12-10-19)23(29)26(16-22(28)31-7)27(25(4,5)6)24(30)21-14-17(2)13-18(3)15-21/h9-15H,8,16H2,1-7H3. The number of esters is 1. The normalized spacial score (nSPS) is 11.1. The topological polar surface area (TPSA) is 66.9 Å². The summed E-state index contributed by atoms with van der Waals surface area (Å²) in [7, 11) is 1.26. The van der Waals surface area contributed by atoms with Gasteiger partial charge in [-0.25, -0.2) is 10.0 Å². The van der Waals surface area contributed by atoms with E-state index in [0.717, 1.165) is 23.1 Å². The summed E-state index contributed by atoms with van der Waals surface area (Å²) in [6.45, 7) is 11.0. The number of methoxy groups -OCH3 is 1. The van der Waals surface area contributed by atoms with Crippen molar-refractivity contribution in [3.63, 3.8) is 0 Å². The van der Waals surface area contributed by atoms with Gasteiger partial charge in [0, 0.05) is 11.1 Å². The van der Waals surface area contributed by atoms with Crippen LogP contribution in [0.2, 0.25) is 0 Å². The molecule has 0 fully saturated rings. The van der Waals surface area contributed by atoms with Gasteiger partial charge in [-0.3, -0.25) is 14.4 Å². The van der Waals surface area contributed by atoms with Crippen LogP contribution in [0, 0.1) is 13.8 Å². The van der Waals surface area contributed by atoms with Gasteiger partial charge in [0.2, 0.25) is 0 Å². The first-order valence-corrected chi connectivity index (χ1v) is 10.4. The lowest BCUT2D eigenvalue weighted by molar-refractivity contribution is -0.145. The smallest absolute Gasteiger partial charge is 0.327 e. The van der Waals surface area contributed by atoms with Crippen molar-refractivity contribution in [1.82, 2.24) is 10.0 Å². The lowest BCUT2D eigenvalue weighted by Gasteiger charge is -2.43. The van der Waals surface area contributed by atoms with E-state index in [0.29, 0.717) is 11.1 Å². The van der Waals surface area contributed by atoms with Crippen LogP contribution >= 0.6 is 0 Å². The molecule has 0 radical (unpaired) electrons. The van der Waals surface area contributed by atoms with Crippen LogP contribution in [0.25, 0.3) is 0 Å². The predicted octanol–water partition coefficient (Wildman–Crippen LogP) is 4.34. The van der Waals surface area contributed by atoms with Crippen molar-refractivity contribution in [3.05, 3.63) is 70.3 Å². The van der Waals surface area contributed by atoms with E-state index in [1.165, 1.54) is 17.1 Å². The van der Waals surface area contributed by atoms with Gasteiger partial charge in [0.25, 0.3) is 11.8 Å². The number of carbonyl (C=O) groups excluding carboxylic acids is 3. The number of aryl methyl sites for hydroxylation is 3. The fraction of sp³-hybridized carbons (Fsp3) is 0.400. The molecule has 0 saturated carbocycles. The Labute approximate surface area is 184 Å². The Morgan fingerprint density at radius 1 is 0.871 bits per heavy atom. The fourth-order valence-corrected chi connectivity index (χ4v) is 3.45. The van der Waals surface area contributed by atoms with Gasteiger partial charge < -0.3 is 4.74 Å². The Hall–Kier alpha value is -3.15. The van der Waals surface area contributed by atoms with Crippen LogP contribution in [-0.4, -0.2) is 47.0 Å². The summed E-state index contributed by atoms with van der Waals surface area (Å²) in [5.41, 5.74) is 3.05. The summed E-state index contributed by atoms with van der Waals surface area (Å²) in [6.07, 6.45) is 0.847. The van der Waals surface area contributed by atoms with Gasteiger partial charge in [0.15, 0.2) is 0 Å².